The molecule has 1 amide bonds. The van der Waals surface area contributed by atoms with Gasteiger partial charge in [-0.05, 0) is 38.5 Å². The molecule has 0 aromatic carbocycles. The number of hydrogen-bond acceptors (Lipinski definition) is 2. The summed E-state index contributed by atoms with van der Waals surface area (Å²) in [6.07, 6.45) is 6.14. The van der Waals surface area contributed by atoms with Crippen molar-refractivity contribution in [1.82, 2.24) is 10.2 Å². The van der Waals surface area contributed by atoms with Crippen molar-refractivity contribution < 1.29 is 4.79 Å². The van der Waals surface area contributed by atoms with Crippen LogP contribution >= 0.6 is 0 Å². The summed E-state index contributed by atoms with van der Waals surface area (Å²) >= 11 is 0. The summed E-state index contributed by atoms with van der Waals surface area (Å²) in [5, 5.41) is 3.45. The van der Waals surface area contributed by atoms with Crippen molar-refractivity contribution in [3.63, 3.8) is 0 Å². The Labute approximate surface area is 98.6 Å². The molecule has 92 valence electrons. The molecule has 1 saturated carbocycles. The van der Waals surface area contributed by atoms with Crippen molar-refractivity contribution in [2.75, 3.05) is 0 Å². The quantitative estimate of drug-likeness (QED) is 0.793. The summed E-state index contributed by atoms with van der Waals surface area (Å²) in [5.74, 6) is 1.07. The highest BCUT2D eigenvalue weighted by molar-refractivity contribution is 5.84. The first-order valence-corrected chi connectivity index (χ1v) is 6.77. The lowest BCUT2D eigenvalue weighted by Crippen LogP contribution is -2.47. The van der Waals surface area contributed by atoms with Gasteiger partial charge in [-0.1, -0.05) is 20.3 Å². The number of nitrogens with zero attached hydrogens (tertiary/aromatic N) is 1. The molecule has 3 atom stereocenters. The maximum Gasteiger partial charge on any atom is 0.241 e. The lowest BCUT2D eigenvalue weighted by molar-refractivity contribution is -0.133. The molecule has 16 heavy (non-hydrogen) atoms. The third-order valence-electron chi connectivity index (χ3n) is 4.35. The highest BCUT2D eigenvalue weighted by Crippen LogP contribution is 2.34. The zero-order valence-electron chi connectivity index (χ0n) is 10.7. The third kappa shape index (κ3) is 1.86. The van der Waals surface area contributed by atoms with E-state index in [2.05, 4.69) is 31.0 Å². The number of rotatable bonds is 4. The molecule has 3 nitrogen and oxygen atoms in total. The topological polar surface area (TPSA) is 32.3 Å². The molecule has 1 saturated heterocycles. The van der Waals surface area contributed by atoms with Crippen LogP contribution in [0.1, 0.15) is 52.9 Å². The molecule has 2 aliphatic rings. The Kier molecular flexibility index (Phi) is 3.53. The Morgan fingerprint density at radius 3 is 2.50 bits per heavy atom. The molecule has 1 aliphatic carbocycles. The van der Waals surface area contributed by atoms with Crippen molar-refractivity contribution in [3.8, 4) is 0 Å². The molecule has 1 aliphatic heterocycles. The molecule has 3 heteroatoms. The van der Waals surface area contributed by atoms with Gasteiger partial charge in [0.05, 0.1) is 12.2 Å². The van der Waals surface area contributed by atoms with Gasteiger partial charge in [-0.25, -0.2) is 0 Å². The summed E-state index contributed by atoms with van der Waals surface area (Å²) in [6.45, 7) is 6.47. The fourth-order valence-corrected chi connectivity index (χ4v) is 2.96. The lowest BCUT2D eigenvalue weighted by atomic mass is 9.79. The largest absolute Gasteiger partial charge is 0.323 e. The molecule has 3 unspecified atom stereocenters. The Morgan fingerprint density at radius 1 is 1.38 bits per heavy atom. The normalized spacial score (nSPS) is 32.9. The Balaban J connectivity index is 2.07. The highest BCUT2D eigenvalue weighted by Gasteiger charge is 2.42. The van der Waals surface area contributed by atoms with E-state index >= 15 is 0 Å². The second-order valence-electron chi connectivity index (χ2n) is 5.23. The van der Waals surface area contributed by atoms with Crippen LogP contribution < -0.4 is 5.32 Å². The van der Waals surface area contributed by atoms with Gasteiger partial charge in [-0.15, -0.1) is 0 Å². The second-order valence-corrected chi connectivity index (χ2v) is 5.23. The van der Waals surface area contributed by atoms with Crippen LogP contribution in [0.15, 0.2) is 0 Å². The van der Waals surface area contributed by atoms with Crippen molar-refractivity contribution in [2.45, 2.75) is 71.1 Å². The average Bonchev–Trinajstić information content (AvgIpc) is 2.52. The second kappa shape index (κ2) is 4.74. The highest BCUT2D eigenvalue weighted by atomic mass is 16.2. The summed E-state index contributed by atoms with van der Waals surface area (Å²) in [7, 11) is 0. The van der Waals surface area contributed by atoms with Crippen LogP contribution in [0.2, 0.25) is 0 Å². The van der Waals surface area contributed by atoms with Crippen molar-refractivity contribution in [1.29, 1.82) is 0 Å². The molecule has 0 bridgehead atoms. The fourth-order valence-electron chi connectivity index (χ4n) is 2.96. The van der Waals surface area contributed by atoms with E-state index in [4.69, 9.17) is 0 Å². The molecule has 1 heterocycles. The summed E-state index contributed by atoms with van der Waals surface area (Å²) in [5.41, 5.74) is 0. The SMILES string of the molecule is CCC1NC(CC)N(C(C)C2CCC2)C1=O. The van der Waals surface area contributed by atoms with Gasteiger partial charge < -0.3 is 4.90 Å². The van der Waals surface area contributed by atoms with Gasteiger partial charge >= 0.3 is 0 Å². The van der Waals surface area contributed by atoms with Gasteiger partial charge in [0.25, 0.3) is 0 Å². The Bertz CT molecular complexity index is 263. The van der Waals surface area contributed by atoms with Crippen LogP contribution in [-0.2, 0) is 4.79 Å². The van der Waals surface area contributed by atoms with Gasteiger partial charge in [-0.2, -0.15) is 0 Å². The minimum atomic E-state index is 0.0625. The fraction of sp³-hybridized carbons (Fsp3) is 0.923. The summed E-state index contributed by atoms with van der Waals surface area (Å²) in [6, 6.07) is 0.489. The van der Waals surface area contributed by atoms with E-state index in [0.717, 1.165) is 18.8 Å². The van der Waals surface area contributed by atoms with Crippen LogP contribution in [0.4, 0.5) is 0 Å². The molecule has 1 N–H and O–H groups in total. The number of nitrogens with one attached hydrogen (secondary N) is 1. The molecule has 0 radical (unpaired) electrons. The number of carbonyl (C=O) groups excluding carboxylic acids is 1. The van der Waals surface area contributed by atoms with E-state index in [1.807, 2.05) is 0 Å². The van der Waals surface area contributed by atoms with E-state index < -0.39 is 0 Å². The first-order chi connectivity index (χ1) is 7.69. The van der Waals surface area contributed by atoms with E-state index in [1.54, 1.807) is 0 Å². The van der Waals surface area contributed by atoms with Crippen LogP contribution in [0, 0.1) is 5.92 Å². The lowest BCUT2D eigenvalue weighted by Gasteiger charge is -2.39. The molecule has 2 fully saturated rings. The summed E-state index contributed by atoms with van der Waals surface area (Å²) in [4.78, 5) is 14.4. The molecule has 0 aromatic heterocycles. The van der Waals surface area contributed by atoms with Crippen LogP contribution in [0.3, 0.4) is 0 Å². The van der Waals surface area contributed by atoms with E-state index in [-0.39, 0.29) is 12.2 Å². The first-order valence-electron chi connectivity index (χ1n) is 6.77. The monoisotopic (exact) mass is 224 g/mol. The number of amides is 1. The minimum absolute atomic E-state index is 0.0625. The summed E-state index contributed by atoms with van der Waals surface area (Å²) < 4.78 is 0. The van der Waals surface area contributed by atoms with E-state index in [9.17, 15) is 4.79 Å². The molecule has 2 rings (SSSR count). The predicted molar refractivity (Wildman–Crippen MR) is 64.9 cm³/mol. The van der Waals surface area contributed by atoms with Crippen LogP contribution in [-0.4, -0.2) is 29.1 Å². The van der Waals surface area contributed by atoms with Crippen molar-refractivity contribution in [2.24, 2.45) is 5.92 Å². The molecule has 0 spiro atoms. The predicted octanol–water partition coefficient (Wildman–Crippen LogP) is 2.12. The standard InChI is InChI=1S/C13H24N2O/c1-4-11-13(16)15(12(5-2)14-11)9(3)10-7-6-8-10/h9-12,14H,4-8H2,1-3H3. The smallest absolute Gasteiger partial charge is 0.241 e. The Hall–Kier alpha value is -0.570. The maximum absolute atomic E-state index is 12.3. The van der Waals surface area contributed by atoms with E-state index in [1.165, 1.54) is 19.3 Å². The van der Waals surface area contributed by atoms with Crippen molar-refractivity contribution >= 4 is 5.91 Å². The van der Waals surface area contributed by atoms with Crippen LogP contribution in [0.5, 0.6) is 0 Å². The molecule has 0 aromatic rings. The van der Waals surface area contributed by atoms with Gasteiger partial charge in [0.2, 0.25) is 5.91 Å². The third-order valence-corrected chi connectivity index (χ3v) is 4.35. The van der Waals surface area contributed by atoms with Gasteiger partial charge in [0, 0.05) is 6.04 Å². The Morgan fingerprint density at radius 2 is 2.06 bits per heavy atom. The molecular formula is C13H24N2O. The number of hydrogen-bond donors (Lipinski definition) is 1. The average molecular weight is 224 g/mol. The molecular weight excluding hydrogens is 200 g/mol. The minimum Gasteiger partial charge on any atom is -0.323 e. The van der Waals surface area contributed by atoms with Crippen molar-refractivity contribution in [3.05, 3.63) is 0 Å². The van der Waals surface area contributed by atoms with Crippen LogP contribution in [0.25, 0.3) is 0 Å². The van der Waals surface area contributed by atoms with Gasteiger partial charge in [-0.3, -0.25) is 10.1 Å². The van der Waals surface area contributed by atoms with Gasteiger partial charge in [0.15, 0.2) is 0 Å². The zero-order valence-corrected chi connectivity index (χ0v) is 10.7. The maximum atomic E-state index is 12.3. The van der Waals surface area contributed by atoms with Gasteiger partial charge in [0.1, 0.15) is 0 Å². The zero-order chi connectivity index (χ0) is 11.7. The number of carbonyl (C=O) groups is 1. The first kappa shape index (κ1) is 11.9. The van der Waals surface area contributed by atoms with E-state index in [0.29, 0.717) is 11.9 Å².